The van der Waals surface area contributed by atoms with Crippen LogP contribution in [0.4, 0.5) is 8.78 Å². The minimum absolute atomic E-state index is 0.216. The minimum atomic E-state index is -3.02. The van der Waals surface area contributed by atoms with Crippen molar-refractivity contribution < 1.29 is 27.8 Å². The molecule has 1 saturated carbocycles. The van der Waals surface area contributed by atoms with Crippen LogP contribution in [-0.4, -0.2) is 31.1 Å². The summed E-state index contributed by atoms with van der Waals surface area (Å²) in [5, 5.41) is 0. The van der Waals surface area contributed by atoms with Crippen molar-refractivity contribution in [1.29, 1.82) is 0 Å². The molecular formula is C13H16F2O4. The van der Waals surface area contributed by atoms with Crippen LogP contribution in [-0.2, 0) is 19.1 Å². The summed E-state index contributed by atoms with van der Waals surface area (Å²) >= 11 is 0. The Labute approximate surface area is 110 Å². The zero-order valence-electron chi connectivity index (χ0n) is 10.4. The molecule has 0 aromatic heterocycles. The summed E-state index contributed by atoms with van der Waals surface area (Å²) in [6, 6.07) is 0. The van der Waals surface area contributed by atoms with Crippen LogP contribution < -0.4 is 0 Å². The summed E-state index contributed by atoms with van der Waals surface area (Å²) in [5.41, 5.74) is 0. The molecule has 106 valence electrons. The van der Waals surface area contributed by atoms with E-state index in [2.05, 4.69) is 22.6 Å². The summed E-state index contributed by atoms with van der Waals surface area (Å²) in [7, 11) is 0. The van der Waals surface area contributed by atoms with Crippen molar-refractivity contribution >= 4 is 11.9 Å². The Morgan fingerprint density at radius 3 is 1.74 bits per heavy atom. The summed E-state index contributed by atoms with van der Waals surface area (Å²) in [4.78, 5) is 21.7. The number of hydrogen-bond donors (Lipinski definition) is 0. The van der Waals surface area contributed by atoms with Gasteiger partial charge in [-0.3, -0.25) is 0 Å². The highest BCUT2D eigenvalue weighted by atomic mass is 19.3. The molecule has 0 N–H and O–H groups in total. The number of ether oxygens (including phenoxy) is 2. The van der Waals surface area contributed by atoms with Gasteiger partial charge >= 0.3 is 11.9 Å². The maximum Gasteiger partial charge on any atom is 0.330 e. The third kappa shape index (κ3) is 3.87. The number of rotatable bonds is 6. The number of alkyl halides is 2. The average Bonchev–Trinajstić information content (AvgIpc) is 2.67. The van der Waals surface area contributed by atoms with Crippen LogP contribution in [0.5, 0.6) is 0 Å². The first-order valence-corrected chi connectivity index (χ1v) is 5.88. The van der Waals surface area contributed by atoms with Crippen LogP contribution in [0.25, 0.3) is 0 Å². The number of carbonyl (C=O) groups is 2. The molecular weight excluding hydrogens is 258 g/mol. The van der Waals surface area contributed by atoms with E-state index in [0.717, 1.165) is 12.2 Å². The van der Waals surface area contributed by atoms with Gasteiger partial charge in [0, 0.05) is 12.2 Å². The smallest absolute Gasteiger partial charge is 0.330 e. The van der Waals surface area contributed by atoms with Crippen LogP contribution in [0.1, 0.15) is 12.8 Å². The number of esters is 2. The Morgan fingerprint density at radius 2 is 1.42 bits per heavy atom. The van der Waals surface area contributed by atoms with E-state index in [-0.39, 0.29) is 26.1 Å². The molecule has 1 rings (SSSR count). The largest absolute Gasteiger partial charge is 0.462 e. The fourth-order valence-electron chi connectivity index (χ4n) is 1.99. The monoisotopic (exact) mass is 274 g/mol. The SMILES string of the molecule is C=CC(=O)OCC1CCC(COC(=O)C=C)C1(F)F. The van der Waals surface area contributed by atoms with Crippen molar-refractivity contribution in [3.8, 4) is 0 Å². The van der Waals surface area contributed by atoms with E-state index in [9.17, 15) is 18.4 Å². The van der Waals surface area contributed by atoms with Gasteiger partial charge in [-0.25, -0.2) is 18.4 Å². The third-order valence-corrected chi connectivity index (χ3v) is 3.14. The van der Waals surface area contributed by atoms with Crippen molar-refractivity contribution in [3.63, 3.8) is 0 Å². The van der Waals surface area contributed by atoms with Crippen LogP contribution >= 0.6 is 0 Å². The molecule has 0 amide bonds. The van der Waals surface area contributed by atoms with E-state index >= 15 is 0 Å². The molecule has 1 aliphatic carbocycles. The normalized spacial score (nSPS) is 24.5. The Bertz CT molecular complexity index is 345. The molecule has 0 spiro atoms. The molecule has 1 fully saturated rings. The quantitative estimate of drug-likeness (QED) is 0.550. The van der Waals surface area contributed by atoms with E-state index in [0.29, 0.717) is 0 Å². The molecule has 0 radical (unpaired) electrons. The number of carbonyl (C=O) groups excluding carboxylic acids is 2. The molecule has 6 heteroatoms. The van der Waals surface area contributed by atoms with Crippen molar-refractivity contribution in [2.24, 2.45) is 11.8 Å². The molecule has 2 atom stereocenters. The summed E-state index contributed by atoms with van der Waals surface area (Å²) in [6.45, 7) is 5.66. The molecule has 0 bridgehead atoms. The van der Waals surface area contributed by atoms with Crippen LogP contribution in [0.15, 0.2) is 25.3 Å². The third-order valence-electron chi connectivity index (χ3n) is 3.14. The van der Waals surface area contributed by atoms with Crippen molar-refractivity contribution in [3.05, 3.63) is 25.3 Å². The Hall–Kier alpha value is -1.72. The van der Waals surface area contributed by atoms with Crippen LogP contribution in [0, 0.1) is 11.8 Å². The first-order chi connectivity index (χ1) is 8.91. The molecule has 0 heterocycles. The molecule has 0 aromatic rings. The van der Waals surface area contributed by atoms with Gasteiger partial charge in [-0.2, -0.15) is 0 Å². The fraction of sp³-hybridized carbons (Fsp3) is 0.538. The molecule has 0 aliphatic heterocycles. The minimum Gasteiger partial charge on any atom is -0.462 e. The van der Waals surface area contributed by atoms with E-state index in [4.69, 9.17) is 0 Å². The van der Waals surface area contributed by atoms with Gasteiger partial charge in [-0.05, 0) is 12.8 Å². The van der Waals surface area contributed by atoms with Crippen molar-refractivity contribution in [1.82, 2.24) is 0 Å². The molecule has 2 unspecified atom stereocenters. The van der Waals surface area contributed by atoms with Gasteiger partial charge in [0.05, 0.1) is 11.8 Å². The van der Waals surface area contributed by atoms with Crippen LogP contribution in [0.3, 0.4) is 0 Å². The van der Waals surface area contributed by atoms with Crippen molar-refractivity contribution in [2.75, 3.05) is 13.2 Å². The first kappa shape index (κ1) is 15.3. The second-order valence-electron chi connectivity index (χ2n) is 4.31. The first-order valence-electron chi connectivity index (χ1n) is 5.88. The zero-order chi connectivity index (χ0) is 14.5. The maximum atomic E-state index is 13.9. The Morgan fingerprint density at radius 1 is 1.05 bits per heavy atom. The van der Waals surface area contributed by atoms with Gasteiger partial charge in [0.2, 0.25) is 0 Å². The van der Waals surface area contributed by atoms with E-state index in [1.54, 1.807) is 0 Å². The van der Waals surface area contributed by atoms with Gasteiger partial charge in [0.15, 0.2) is 0 Å². The van der Waals surface area contributed by atoms with Gasteiger partial charge in [0.1, 0.15) is 13.2 Å². The topological polar surface area (TPSA) is 52.6 Å². The van der Waals surface area contributed by atoms with Gasteiger partial charge in [-0.1, -0.05) is 13.2 Å². The fourth-order valence-corrected chi connectivity index (χ4v) is 1.99. The molecule has 19 heavy (non-hydrogen) atoms. The standard InChI is InChI=1S/C13H16F2O4/c1-3-11(16)18-7-9-5-6-10(13(9,14)15)8-19-12(17)4-2/h3-4,9-10H,1-2,5-8H2. The maximum absolute atomic E-state index is 13.9. The molecule has 0 saturated heterocycles. The average molecular weight is 274 g/mol. The second kappa shape index (κ2) is 6.45. The summed E-state index contributed by atoms with van der Waals surface area (Å²) in [6.07, 6.45) is 2.29. The lowest BCUT2D eigenvalue weighted by Crippen LogP contribution is -2.35. The van der Waals surface area contributed by atoms with Crippen LogP contribution in [0.2, 0.25) is 0 Å². The zero-order valence-corrected chi connectivity index (χ0v) is 10.4. The van der Waals surface area contributed by atoms with Gasteiger partial charge in [-0.15, -0.1) is 0 Å². The summed E-state index contributed by atoms with van der Waals surface area (Å²) in [5.74, 6) is -6.58. The van der Waals surface area contributed by atoms with E-state index in [1.807, 2.05) is 0 Å². The molecule has 1 aliphatic rings. The highest BCUT2D eigenvalue weighted by Gasteiger charge is 2.52. The molecule has 4 nitrogen and oxygen atoms in total. The van der Waals surface area contributed by atoms with E-state index < -0.39 is 29.7 Å². The molecule has 0 aromatic carbocycles. The predicted molar refractivity (Wildman–Crippen MR) is 63.5 cm³/mol. The van der Waals surface area contributed by atoms with Crippen molar-refractivity contribution in [2.45, 2.75) is 18.8 Å². The van der Waals surface area contributed by atoms with Gasteiger partial charge in [0.25, 0.3) is 5.92 Å². The Kier molecular flexibility index (Phi) is 5.20. The van der Waals surface area contributed by atoms with E-state index in [1.165, 1.54) is 0 Å². The lowest BCUT2D eigenvalue weighted by atomic mass is 10.0. The predicted octanol–water partition coefficient (Wildman–Crippen LogP) is 2.11. The number of halogens is 2. The van der Waals surface area contributed by atoms with Gasteiger partial charge < -0.3 is 9.47 Å². The summed E-state index contributed by atoms with van der Waals surface area (Å²) < 4.78 is 37.2. The lowest BCUT2D eigenvalue weighted by molar-refractivity contribution is -0.151. The second-order valence-corrected chi connectivity index (χ2v) is 4.31. The lowest BCUT2D eigenvalue weighted by Gasteiger charge is -2.24. The number of hydrogen-bond acceptors (Lipinski definition) is 4. The highest BCUT2D eigenvalue weighted by molar-refractivity contribution is 5.81. The Balaban J connectivity index is 2.51. The highest BCUT2D eigenvalue weighted by Crippen LogP contribution is 2.45.